The highest BCUT2D eigenvalue weighted by atomic mass is 32.2. The molecule has 0 saturated carbocycles. The van der Waals surface area contributed by atoms with Crippen LogP contribution in [0.15, 0.2) is 48.5 Å². The van der Waals surface area contributed by atoms with E-state index in [-0.39, 0.29) is 11.9 Å². The molecule has 156 valence electrons. The van der Waals surface area contributed by atoms with Gasteiger partial charge in [-0.3, -0.25) is 13.9 Å². The maximum Gasteiger partial charge on any atom is 0.253 e. The Hall–Kier alpha value is -2.87. The van der Waals surface area contributed by atoms with Crippen molar-refractivity contribution in [1.82, 2.24) is 5.32 Å². The first-order valence-corrected chi connectivity index (χ1v) is 11.1. The van der Waals surface area contributed by atoms with Crippen molar-refractivity contribution in [2.24, 2.45) is 0 Å². The van der Waals surface area contributed by atoms with E-state index >= 15 is 0 Å². The molecule has 2 aromatic carbocycles. The van der Waals surface area contributed by atoms with Gasteiger partial charge in [-0.1, -0.05) is 29.8 Å². The summed E-state index contributed by atoms with van der Waals surface area (Å²) in [5, 5.41) is 5.48. The molecule has 2 rings (SSSR count). The summed E-state index contributed by atoms with van der Waals surface area (Å²) in [7, 11) is -3.72. The molecule has 0 saturated heterocycles. The van der Waals surface area contributed by atoms with E-state index in [0.717, 1.165) is 16.1 Å². The van der Waals surface area contributed by atoms with Crippen molar-refractivity contribution in [2.45, 2.75) is 39.8 Å². The molecule has 2 aromatic rings. The predicted octanol–water partition coefficient (Wildman–Crippen LogP) is 2.93. The van der Waals surface area contributed by atoms with Gasteiger partial charge in [-0.05, 0) is 52.0 Å². The van der Waals surface area contributed by atoms with E-state index in [0.29, 0.717) is 16.9 Å². The van der Waals surface area contributed by atoms with Crippen molar-refractivity contribution in [3.05, 3.63) is 59.7 Å². The summed E-state index contributed by atoms with van der Waals surface area (Å²) >= 11 is 0. The lowest BCUT2D eigenvalue weighted by Crippen LogP contribution is -2.45. The highest BCUT2D eigenvalue weighted by Gasteiger charge is 2.29. The van der Waals surface area contributed by atoms with Gasteiger partial charge in [0.25, 0.3) is 5.91 Å². The van der Waals surface area contributed by atoms with Crippen molar-refractivity contribution in [1.29, 1.82) is 0 Å². The molecule has 0 fully saturated rings. The van der Waals surface area contributed by atoms with Gasteiger partial charge in [0.1, 0.15) is 6.04 Å². The number of nitrogens with one attached hydrogen (secondary N) is 2. The first-order chi connectivity index (χ1) is 13.5. The number of carbonyl (C=O) groups excluding carboxylic acids is 2. The molecule has 0 spiro atoms. The number of carbonyl (C=O) groups is 2. The van der Waals surface area contributed by atoms with Crippen LogP contribution in [-0.4, -0.2) is 38.6 Å². The molecule has 7 nitrogen and oxygen atoms in total. The average molecular weight is 418 g/mol. The molecule has 0 aliphatic carbocycles. The van der Waals surface area contributed by atoms with Crippen LogP contribution < -0.4 is 14.9 Å². The van der Waals surface area contributed by atoms with Crippen molar-refractivity contribution in [3.63, 3.8) is 0 Å². The van der Waals surface area contributed by atoms with Crippen LogP contribution in [0.25, 0.3) is 0 Å². The molecule has 0 aliphatic rings. The summed E-state index contributed by atoms with van der Waals surface area (Å²) in [5.41, 5.74) is 2.00. The van der Waals surface area contributed by atoms with Crippen molar-refractivity contribution in [3.8, 4) is 0 Å². The number of hydrogen-bond acceptors (Lipinski definition) is 4. The molecule has 1 atom stereocenters. The predicted molar refractivity (Wildman–Crippen MR) is 116 cm³/mol. The largest absolute Gasteiger partial charge is 0.350 e. The zero-order valence-electron chi connectivity index (χ0n) is 17.3. The summed E-state index contributed by atoms with van der Waals surface area (Å²) < 4.78 is 25.9. The van der Waals surface area contributed by atoms with Gasteiger partial charge in [-0.25, -0.2) is 8.42 Å². The van der Waals surface area contributed by atoms with E-state index in [1.807, 2.05) is 20.8 Å². The summed E-state index contributed by atoms with van der Waals surface area (Å²) in [4.78, 5) is 25.3. The smallest absolute Gasteiger partial charge is 0.253 e. The number of nitrogens with zero attached hydrogens (tertiary/aromatic N) is 1. The van der Waals surface area contributed by atoms with Crippen LogP contribution in [0.4, 0.5) is 11.4 Å². The van der Waals surface area contributed by atoms with Crippen LogP contribution in [-0.2, 0) is 14.8 Å². The van der Waals surface area contributed by atoms with Gasteiger partial charge in [0.05, 0.1) is 23.2 Å². The number of rotatable bonds is 7. The Balaban J connectivity index is 2.32. The lowest BCUT2D eigenvalue weighted by molar-refractivity contribution is -0.116. The minimum atomic E-state index is -3.72. The van der Waals surface area contributed by atoms with Crippen molar-refractivity contribution < 1.29 is 18.0 Å². The Morgan fingerprint density at radius 1 is 0.966 bits per heavy atom. The number of sulfonamides is 1. The fourth-order valence-corrected chi connectivity index (χ4v) is 4.04. The molecule has 0 aliphatic heterocycles. The molecule has 2 amide bonds. The molecule has 2 N–H and O–H groups in total. The standard InChI is InChI=1S/C21H27N3O4S/c1-14(2)22-21(26)18-8-6-7-9-19(18)23-20(25)16(4)24(29(5,27)28)17-12-10-15(3)11-13-17/h6-14,16H,1-5H3,(H,22,26)(H,23,25)/t16-/m0/s1. The third kappa shape index (κ3) is 5.80. The van der Waals surface area contributed by atoms with Crippen LogP contribution in [0, 0.1) is 6.92 Å². The van der Waals surface area contributed by atoms with Crippen molar-refractivity contribution >= 4 is 33.2 Å². The molecular weight excluding hydrogens is 390 g/mol. The first-order valence-electron chi connectivity index (χ1n) is 9.27. The second-order valence-corrected chi connectivity index (χ2v) is 9.09. The van der Waals surface area contributed by atoms with Crippen LogP contribution in [0.3, 0.4) is 0 Å². The Bertz CT molecular complexity index is 985. The fraction of sp³-hybridized carbons (Fsp3) is 0.333. The highest BCUT2D eigenvalue weighted by molar-refractivity contribution is 7.92. The Labute approximate surface area is 172 Å². The van der Waals surface area contributed by atoms with Crippen LogP contribution >= 0.6 is 0 Å². The van der Waals surface area contributed by atoms with Gasteiger partial charge in [0.15, 0.2) is 0 Å². The topological polar surface area (TPSA) is 95.6 Å². The molecule has 0 unspecified atom stereocenters. The number of aryl methyl sites for hydroxylation is 1. The second-order valence-electron chi connectivity index (χ2n) is 7.23. The monoisotopic (exact) mass is 417 g/mol. The number of anilines is 2. The first kappa shape index (κ1) is 22.4. The summed E-state index contributed by atoms with van der Waals surface area (Å²) in [6.07, 6.45) is 1.06. The van der Waals surface area contributed by atoms with E-state index < -0.39 is 22.0 Å². The van der Waals surface area contributed by atoms with E-state index in [2.05, 4.69) is 10.6 Å². The normalized spacial score (nSPS) is 12.3. The van der Waals surface area contributed by atoms with Gasteiger partial charge >= 0.3 is 0 Å². The number of benzene rings is 2. The Morgan fingerprint density at radius 3 is 2.10 bits per heavy atom. The van der Waals surface area contributed by atoms with E-state index in [9.17, 15) is 18.0 Å². The maximum absolute atomic E-state index is 12.9. The van der Waals surface area contributed by atoms with Gasteiger partial charge in [-0.2, -0.15) is 0 Å². The Kier molecular flexibility index (Phi) is 7.02. The molecule has 0 bridgehead atoms. The molecule has 0 aromatic heterocycles. The van der Waals surface area contributed by atoms with Gasteiger partial charge in [0, 0.05) is 6.04 Å². The molecule has 0 radical (unpaired) electrons. The zero-order valence-corrected chi connectivity index (χ0v) is 18.1. The average Bonchev–Trinajstić information content (AvgIpc) is 2.62. The molecule has 29 heavy (non-hydrogen) atoms. The third-order valence-corrected chi connectivity index (χ3v) is 5.47. The van der Waals surface area contributed by atoms with Crippen molar-refractivity contribution in [2.75, 3.05) is 15.9 Å². The Morgan fingerprint density at radius 2 is 1.55 bits per heavy atom. The molecule has 8 heteroatoms. The van der Waals surface area contributed by atoms with Crippen LogP contribution in [0.5, 0.6) is 0 Å². The zero-order chi connectivity index (χ0) is 21.8. The molecule has 0 heterocycles. The maximum atomic E-state index is 12.9. The van der Waals surface area contributed by atoms with Gasteiger partial charge < -0.3 is 10.6 Å². The fourth-order valence-electron chi connectivity index (χ4n) is 2.87. The summed E-state index contributed by atoms with van der Waals surface area (Å²) in [6, 6.07) is 12.4. The van der Waals surface area contributed by atoms with E-state index in [1.54, 1.807) is 48.5 Å². The van der Waals surface area contributed by atoms with Gasteiger partial charge in [0.2, 0.25) is 15.9 Å². The lowest BCUT2D eigenvalue weighted by Gasteiger charge is -2.28. The number of amides is 2. The van der Waals surface area contributed by atoms with Gasteiger partial charge in [-0.15, -0.1) is 0 Å². The summed E-state index contributed by atoms with van der Waals surface area (Å²) in [5.74, 6) is -0.858. The highest BCUT2D eigenvalue weighted by Crippen LogP contribution is 2.23. The van der Waals surface area contributed by atoms with Crippen LogP contribution in [0.2, 0.25) is 0 Å². The summed E-state index contributed by atoms with van der Waals surface area (Å²) in [6.45, 7) is 7.08. The quantitative estimate of drug-likeness (QED) is 0.724. The molecular formula is C21H27N3O4S. The minimum absolute atomic E-state index is 0.0626. The SMILES string of the molecule is Cc1ccc(N([C@@H](C)C(=O)Nc2ccccc2C(=O)NC(C)C)S(C)(=O)=O)cc1. The van der Waals surface area contributed by atoms with E-state index in [4.69, 9.17) is 0 Å². The third-order valence-electron chi connectivity index (χ3n) is 4.23. The van der Waals surface area contributed by atoms with Crippen LogP contribution in [0.1, 0.15) is 36.7 Å². The van der Waals surface area contributed by atoms with E-state index in [1.165, 1.54) is 6.92 Å². The number of hydrogen-bond donors (Lipinski definition) is 2. The lowest BCUT2D eigenvalue weighted by atomic mass is 10.1. The number of para-hydroxylation sites is 1. The minimum Gasteiger partial charge on any atom is -0.350 e. The second kappa shape index (κ2) is 9.09.